The number of halogens is 1. The normalized spacial score (nSPS) is 12.0. The second kappa shape index (κ2) is 8.84. The number of hydrogen-bond acceptors (Lipinski definition) is 3. The first-order valence-corrected chi connectivity index (χ1v) is 7.72. The SMILES string of the molecule is CCCn1cc(Br)cc1C(=O)NC(C)C(=O)NCCOC. The number of amides is 2. The van der Waals surface area contributed by atoms with Crippen molar-refractivity contribution in [2.24, 2.45) is 0 Å². The average molecular weight is 360 g/mol. The van der Waals surface area contributed by atoms with Crippen LogP contribution >= 0.6 is 15.9 Å². The van der Waals surface area contributed by atoms with Gasteiger partial charge in [0.25, 0.3) is 5.91 Å². The number of carbonyl (C=O) groups excluding carboxylic acids is 2. The predicted molar refractivity (Wildman–Crippen MR) is 84.2 cm³/mol. The van der Waals surface area contributed by atoms with E-state index in [2.05, 4.69) is 26.6 Å². The highest BCUT2D eigenvalue weighted by Crippen LogP contribution is 2.15. The van der Waals surface area contributed by atoms with Gasteiger partial charge in [0.1, 0.15) is 11.7 Å². The van der Waals surface area contributed by atoms with Crippen LogP contribution < -0.4 is 10.6 Å². The summed E-state index contributed by atoms with van der Waals surface area (Å²) in [4.78, 5) is 24.0. The number of methoxy groups -OCH3 is 1. The zero-order valence-corrected chi connectivity index (χ0v) is 14.2. The lowest BCUT2D eigenvalue weighted by Gasteiger charge is -2.15. The van der Waals surface area contributed by atoms with Crippen LogP contribution in [-0.2, 0) is 16.1 Å². The lowest BCUT2D eigenvalue weighted by Crippen LogP contribution is -2.45. The first-order valence-electron chi connectivity index (χ1n) is 6.92. The monoisotopic (exact) mass is 359 g/mol. The molecule has 0 radical (unpaired) electrons. The molecule has 21 heavy (non-hydrogen) atoms. The van der Waals surface area contributed by atoms with E-state index >= 15 is 0 Å². The number of carbonyl (C=O) groups is 2. The fraction of sp³-hybridized carbons (Fsp3) is 0.571. The van der Waals surface area contributed by atoms with Crippen LogP contribution in [0.5, 0.6) is 0 Å². The predicted octanol–water partition coefficient (Wildman–Crippen LogP) is 1.54. The van der Waals surface area contributed by atoms with Crippen LogP contribution in [0.1, 0.15) is 30.8 Å². The molecule has 0 saturated carbocycles. The van der Waals surface area contributed by atoms with E-state index in [4.69, 9.17) is 4.74 Å². The quantitative estimate of drug-likeness (QED) is 0.691. The summed E-state index contributed by atoms with van der Waals surface area (Å²) < 4.78 is 7.57. The average Bonchev–Trinajstić information content (AvgIpc) is 2.80. The molecule has 0 aliphatic carbocycles. The second-order valence-corrected chi connectivity index (χ2v) is 5.63. The summed E-state index contributed by atoms with van der Waals surface area (Å²) in [7, 11) is 1.57. The molecule has 1 heterocycles. The minimum atomic E-state index is -0.599. The Hall–Kier alpha value is -1.34. The molecular formula is C14H22BrN3O3. The number of ether oxygens (including phenoxy) is 1. The highest BCUT2D eigenvalue weighted by atomic mass is 79.9. The fourth-order valence-electron chi connectivity index (χ4n) is 1.86. The molecule has 0 bridgehead atoms. The highest BCUT2D eigenvalue weighted by Gasteiger charge is 2.19. The summed E-state index contributed by atoms with van der Waals surface area (Å²) in [6, 6.07) is 1.15. The lowest BCUT2D eigenvalue weighted by molar-refractivity contribution is -0.122. The summed E-state index contributed by atoms with van der Waals surface area (Å²) in [6.07, 6.45) is 2.79. The third kappa shape index (κ3) is 5.51. The first kappa shape index (κ1) is 17.7. The van der Waals surface area contributed by atoms with Crippen molar-refractivity contribution in [2.75, 3.05) is 20.3 Å². The van der Waals surface area contributed by atoms with E-state index < -0.39 is 6.04 Å². The minimum absolute atomic E-state index is 0.229. The Morgan fingerprint density at radius 2 is 2.19 bits per heavy atom. The summed E-state index contributed by atoms with van der Waals surface area (Å²) in [5.74, 6) is -0.489. The van der Waals surface area contributed by atoms with E-state index in [0.29, 0.717) is 18.8 Å². The molecule has 0 aliphatic rings. The van der Waals surface area contributed by atoms with Crippen molar-refractivity contribution < 1.29 is 14.3 Å². The molecule has 1 aromatic heterocycles. The van der Waals surface area contributed by atoms with E-state index in [9.17, 15) is 9.59 Å². The molecular weight excluding hydrogens is 338 g/mol. The van der Waals surface area contributed by atoms with E-state index in [-0.39, 0.29) is 11.8 Å². The fourth-order valence-corrected chi connectivity index (χ4v) is 2.32. The first-order chi connectivity index (χ1) is 9.99. The number of aryl methyl sites for hydroxylation is 1. The van der Waals surface area contributed by atoms with E-state index in [0.717, 1.165) is 17.4 Å². The van der Waals surface area contributed by atoms with Crippen LogP contribution in [0.15, 0.2) is 16.7 Å². The van der Waals surface area contributed by atoms with Crippen molar-refractivity contribution >= 4 is 27.7 Å². The number of hydrogen-bond donors (Lipinski definition) is 2. The summed E-state index contributed by atoms with van der Waals surface area (Å²) in [5, 5.41) is 5.39. The number of rotatable bonds is 8. The molecule has 7 heteroatoms. The van der Waals surface area contributed by atoms with Crippen LogP contribution in [0.3, 0.4) is 0 Å². The summed E-state index contributed by atoms with van der Waals surface area (Å²) >= 11 is 3.36. The van der Waals surface area contributed by atoms with Gasteiger partial charge in [-0.1, -0.05) is 6.92 Å². The third-order valence-electron chi connectivity index (χ3n) is 2.91. The van der Waals surface area contributed by atoms with Gasteiger partial charge in [-0.15, -0.1) is 0 Å². The van der Waals surface area contributed by atoms with Gasteiger partial charge in [0.15, 0.2) is 0 Å². The van der Waals surface area contributed by atoms with Gasteiger partial charge in [-0.25, -0.2) is 0 Å². The van der Waals surface area contributed by atoms with Crippen molar-refractivity contribution in [1.82, 2.24) is 15.2 Å². The van der Waals surface area contributed by atoms with Gasteiger partial charge in [-0.05, 0) is 35.3 Å². The van der Waals surface area contributed by atoms with Gasteiger partial charge in [0.2, 0.25) is 5.91 Å². The zero-order valence-electron chi connectivity index (χ0n) is 12.6. The second-order valence-electron chi connectivity index (χ2n) is 4.72. The minimum Gasteiger partial charge on any atom is -0.383 e. The van der Waals surface area contributed by atoms with Crippen molar-refractivity contribution in [3.05, 3.63) is 22.4 Å². The molecule has 2 N–H and O–H groups in total. The van der Waals surface area contributed by atoms with E-state index in [1.807, 2.05) is 17.7 Å². The Morgan fingerprint density at radius 3 is 2.81 bits per heavy atom. The van der Waals surface area contributed by atoms with Gasteiger partial charge >= 0.3 is 0 Å². The van der Waals surface area contributed by atoms with E-state index in [1.165, 1.54) is 0 Å². The molecule has 1 unspecified atom stereocenters. The molecule has 0 aliphatic heterocycles. The molecule has 0 aromatic carbocycles. The van der Waals surface area contributed by atoms with Crippen LogP contribution in [0, 0.1) is 0 Å². The smallest absolute Gasteiger partial charge is 0.268 e. The largest absolute Gasteiger partial charge is 0.383 e. The molecule has 0 fully saturated rings. The van der Waals surface area contributed by atoms with Gasteiger partial charge in [0.05, 0.1) is 6.61 Å². The molecule has 1 aromatic rings. The maximum absolute atomic E-state index is 12.2. The molecule has 1 atom stereocenters. The van der Waals surface area contributed by atoms with Crippen LogP contribution in [-0.4, -0.2) is 42.7 Å². The molecule has 118 valence electrons. The molecule has 1 rings (SSSR count). The Bertz CT molecular complexity index is 488. The van der Waals surface area contributed by atoms with Gasteiger partial charge in [-0.3, -0.25) is 9.59 Å². The van der Waals surface area contributed by atoms with Gasteiger partial charge in [-0.2, -0.15) is 0 Å². The van der Waals surface area contributed by atoms with Crippen molar-refractivity contribution in [1.29, 1.82) is 0 Å². The standard InChI is InChI=1S/C14H22BrN3O3/c1-4-6-18-9-11(15)8-12(18)14(20)17-10(2)13(19)16-5-7-21-3/h8-10H,4-7H2,1-3H3,(H,16,19)(H,17,20). The van der Waals surface area contributed by atoms with Gasteiger partial charge < -0.3 is 19.9 Å². The molecule has 6 nitrogen and oxygen atoms in total. The highest BCUT2D eigenvalue weighted by molar-refractivity contribution is 9.10. The molecule has 0 saturated heterocycles. The third-order valence-corrected chi connectivity index (χ3v) is 3.34. The number of nitrogens with one attached hydrogen (secondary N) is 2. The summed E-state index contributed by atoms with van der Waals surface area (Å²) in [5.41, 5.74) is 0.542. The molecule has 2 amide bonds. The Labute approximate surface area is 133 Å². The van der Waals surface area contributed by atoms with Crippen molar-refractivity contribution in [3.8, 4) is 0 Å². The number of nitrogens with zero attached hydrogens (tertiary/aromatic N) is 1. The van der Waals surface area contributed by atoms with Crippen LogP contribution in [0.25, 0.3) is 0 Å². The van der Waals surface area contributed by atoms with Crippen LogP contribution in [0.4, 0.5) is 0 Å². The maximum atomic E-state index is 12.2. The topological polar surface area (TPSA) is 72.4 Å². The number of aromatic nitrogens is 1. The van der Waals surface area contributed by atoms with Crippen molar-refractivity contribution in [2.45, 2.75) is 32.9 Å². The maximum Gasteiger partial charge on any atom is 0.268 e. The Kier molecular flexibility index (Phi) is 7.45. The zero-order chi connectivity index (χ0) is 15.8. The van der Waals surface area contributed by atoms with Crippen LogP contribution in [0.2, 0.25) is 0 Å². The molecule has 0 spiro atoms. The van der Waals surface area contributed by atoms with E-state index in [1.54, 1.807) is 20.1 Å². The van der Waals surface area contributed by atoms with Gasteiger partial charge in [0, 0.05) is 30.9 Å². The Morgan fingerprint density at radius 1 is 1.48 bits per heavy atom. The van der Waals surface area contributed by atoms with Crippen molar-refractivity contribution in [3.63, 3.8) is 0 Å². The summed E-state index contributed by atoms with van der Waals surface area (Å²) in [6.45, 7) is 5.32. The Balaban J connectivity index is 2.61. The lowest BCUT2D eigenvalue weighted by atomic mass is 10.3.